The Balaban J connectivity index is 1.86. The molecular formula is C17H14N2O. The summed E-state index contributed by atoms with van der Waals surface area (Å²) in [6.07, 6.45) is 1.54. The van der Waals surface area contributed by atoms with Gasteiger partial charge in [0.2, 0.25) is 5.52 Å². The second kappa shape index (κ2) is 4.32. The summed E-state index contributed by atoms with van der Waals surface area (Å²) in [6.45, 7) is 0.880. The Morgan fingerprint density at radius 1 is 1.05 bits per heavy atom. The van der Waals surface area contributed by atoms with Gasteiger partial charge in [-0.3, -0.25) is 0 Å². The van der Waals surface area contributed by atoms with Gasteiger partial charge in [0.25, 0.3) is 0 Å². The van der Waals surface area contributed by atoms with E-state index in [0.717, 1.165) is 27.7 Å². The molecule has 0 aliphatic carbocycles. The minimum absolute atomic E-state index is 0.177. The summed E-state index contributed by atoms with van der Waals surface area (Å²) < 4.78 is 0.930. The fourth-order valence-electron chi connectivity index (χ4n) is 2.97. The first-order valence-corrected chi connectivity index (χ1v) is 6.76. The van der Waals surface area contributed by atoms with Crippen LogP contribution in [-0.4, -0.2) is 0 Å². The standard InChI is InChI=1S/C17H14N2O/c20-19-9-3-5-12-7-8-13(10-16(12)19)17-15-6-2-1-4-14(15)11-18-17/h1-10,17-18H,11H2. The Morgan fingerprint density at radius 2 is 1.95 bits per heavy atom. The summed E-state index contributed by atoms with van der Waals surface area (Å²) in [5.41, 5.74) is 4.50. The molecule has 1 atom stereocenters. The molecule has 0 saturated heterocycles. The van der Waals surface area contributed by atoms with E-state index in [9.17, 15) is 5.21 Å². The van der Waals surface area contributed by atoms with Gasteiger partial charge in [0.05, 0.1) is 6.04 Å². The number of pyridine rings is 1. The van der Waals surface area contributed by atoms with E-state index in [-0.39, 0.29) is 6.04 Å². The van der Waals surface area contributed by atoms with Crippen molar-refractivity contribution in [3.63, 3.8) is 0 Å². The lowest BCUT2D eigenvalue weighted by Crippen LogP contribution is -2.26. The van der Waals surface area contributed by atoms with Crippen LogP contribution in [-0.2, 0) is 6.54 Å². The Hall–Kier alpha value is -2.39. The SMILES string of the molecule is [O-][n+]1cccc2ccc(C3NCc4ccccc43)cc21. The Kier molecular flexibility index (Phi) is 2.47. The first kappa shape index (κ1) is 11.4. The predicted octanol–water partition coefficient (Wildman–Crippen LogP) is 2.67. The first-order chi connectivity index (χ1) is 9.83. The molecule has 2 heterocycles. The lowest BCUT2D eigenvalue weighted by molar-refractivity contribution is -0.577. The molecule has 0 fully saturated rings. The zero-order valence-electron chi connectivity index (χ0n) is 10.9. The number of fused-ring (bicyclic) bond motifs is 2. The number of hydrogen-bond donors (Lipinski definition) is 1. The highest BCUT2D eigenvalue weighted by Crippen LogP contribution is 2.31. The molecule has 3 nitrogen and oxygen atoms in total. The number of hydrogen-bond acceptors (Lipinski definition) is 2. The van der Waals surface area contributed by atoms with Crippen LogP contribution in [0.15, 0.2) is 60.8 Å². The molecule has 98 valence electrons. The maximum absolute atomic E-state index is 11.9. The van der Waals surface area contributed by atoms with E-state index >= 15 is 0 Å². The van der Waals surface area contributed by atoms with Crippen molar-refractivity contribution < 1.29 is 4.73 Å². The molecule has 0 radical (unpaired) electrons. The summed E-state index contributed by atoms with van der Waals surface area (Å²) in [5, 5.41) is 16.4. The van der Waals surface area contributed by atoms with Crippen LogP contribution in [0.2, 0.25) is 0 Å². The molecule has 20 heavy (non-hydrogen) atoms. The molecule has 4 rings (SSSR count). The van der Waals surface area contributed by atoms with Crippen LogP contribution in [0.5, 0.6) is 0 Å². The summed E-state index contributed by atoms with van der Waals surface area (Å²) in [5.74, 6) is 0. The van der Waals surface area contributed by atoms with Crippen LogP contribution < -0.4 is 10.0 Å². The third-order valence-electron chi connectivity index (χ3n) is 3.99. The van der Waals surface area contributed by atoms with E-state index < -0.39 is 0 Å². The molecule has 1 aliphatic heterocycles. The number of nitrogens with one attached hydrogen (secondary N) is 1. The van der Waals surface area contributed by atoms with Crippen LogP contribution in [0, 0.1) is 5.21 Å². The van der Waals surface area contributed by atoms with Crippen molar-refractivity contribution in [3.8, 4) is 0 Å². The van der Waals surface area contributed by atoms with Gasteiger partial charge in [-0.15, -0.1) is 0 Å². The minimum atomic E-state index is 0.177. The van der Waals surface area contributed by atoms with E-state index in [2.05, 4.69) is 35.6 Å². The van der Waals surface area contributed by atoms with E-state index in [1.807, 2.05) is 18.2 Å². The van der Waals surface area contributed by atoms with Gasteiger partial charge in [0, 0.05) is 24.1 Å². The van der Waals surface area contributed by atoms with Crippen LogP contribution >= 0.6 is 0 Å². The molecule has 1 aromatic heterocycles. The molecular weight excluding hydrogens is 248 g/mol. The highest BCUT2D eigenvalue weighted by molar-refractivity contribution is 5.76. The van der Waals surface area contributed by atoms with Crippen LogP contribution in [0.3, 0.4) is 0 Å². The molecule has 0 bridgehead atoms. The molecule has 1 unspecified atom stereocenters. The van der Waals surface area contributed by atoms with Crippen molar-refractivity contribution in [1.82, 2.24) is 5.32 Å². The average molecular weight is 262 g/mol. The molecule has 1 N–H and O–H groups in total. The van der Waals surface area contributed by atoms with E-state index in [4.69, 9.17) is 0 Å². The smallest absolute Gasteiger partial charge is 0.224 e. The van der Waals surface area contributed by atoms with Gasteiger partial charge in [-0.05, 0) is 28.8 Å². The van der Waals surface area contributed by atoms with Crippen LogP contribution in [0.4, 0.5) is 0 Å². The molecule has 1 aliphatic rings. The largest absolute Gasteiger partial charge is 0.618 e. The monoisotopic (exact) mass is 262 g/mol. The fraction of sp³-hybridized carbons (Fsp3) is 0.118. The molecule has 0 spiro atoms. The number of nitrogens with zero attached hydrogens (tertiary/aromatic N) is 1. The highest BCUT2D eigenvalue weighted by Gasteiger charge is 2.23. The van der Waals surface area contributed by atoms with E-state index in [1.165, 1.54) is 11.1 Å². The first-order valence-electron chi connectivity index (χ1n) is 6.76. The van der Waals surface area contributed by atoms with Crippen molar-refractivity contribution in [2.75, 3.05) is 0 Å². The van der Waals surface area contributed by atoms with Crippen LogP contribution in [0.25, 0.3) is 10.9 Å². The molecule has 2 aromatic carbocycles. The third kappa shape index (κ3) is 1.67. The average Bonchev–Trinajstić information content (AvgIpc) is 2.91. The maximum atomic E-state index is 11.9. The lowest BCUT2D eigenvalue weighted by Gasteiger charge is -2.13. The van der Waals surface area contributed by atoms with Gasteiger partial charge in [0.1, 0.15) is 0 Å². The molecule has 0 amide bonds. The third-order valence-corrected chi connectivity index (χ3v) is 3.99. The predicted molar refractivity (Wildman–Crippen MR) is 78.0 cm³/mol. The summed E-state index contributed by atoms with van der Waals surface area (Å²) in [7, 11) is 0. The van der Waals surface area contributed by atoms with Crippen molar-refractivity contribution in [2.45, 2.75) is 12.6 Å². The van der Waals surface area contributed by atoms with Crippen molar-refractivity contribution >= 4 is 10.9 Å². The summed E-state index contributed by atoms with van der Waals surface area (Å²) in [4.78, 5) is 0. The summed E-state index contributed by atoms with van der Waals surface area (Å²) in [6, 6.07) is 18.4. The molecule has 3 heteroatoms. The van der Waals surface area contributed by atoms with Crippen molar-refractivity contribution in [2.24, 2.45) is 0 Å². The van der Waals surface area contributed by atoms with E-state index in [0.29, 0.717) is 0 Å². The fourth-order valence-corrected chi connectivity index (χ4v) is 2.97. The van der Waals surface area contributed by atoms with Gasteiger partial charge in [0.15, 0.2) is 6.20 Å². The maximum Gasteiger partial charge on any atom is 0.224 e. The van der Waals surface area contributed by atoms with Gasteiger partial charge in [-0.1, -0.05) is 30.3 Å². The Labute approximate surface area is 117 Å². The number of rotatable bonds is 1. The highest BCUT2D eigenvalue weighted by atomic mass is 16.5. The van der Waals surface area contributed by atoms with E-state index in [1.54, 1.807) is 12.3 Å². The number of benzene rings is 2. The minimum Gasteiger partial charge on any atom is -0.618 e. The quantitative estimate of drug-likeness (QED) is 0.541. The Bertz CT molecular complexity index is 798. The van der Waals surface area contributed by atoms with Crippen molar-refractivity contribution in [1.29, 1.82) is 0 Å². The van der Waals surface area contributed by atoms with Gasteiger partial charge < -0.3 is 10.5 Å². The lowest BCUT2D eigenvalue weighted by atomic mass is 9.97. The van der Waals surface area contributed by atoms with Gasteiger partial charge in [-0.25, -0.2) is 0 Å². The second-order valence-electron chi connectivity index (χ2n) is 5.16. The van der Waals surface area contributed by atoms with Crippen LogP contribution in [0.1, 0.15) is 22.7 Å². The summed E-state index contributed by atoms with van der Waals surface area (Å²) >= 11 is 0. The Morgan fingerprint density at radius 3 is 2.90 bits per heavy atom. The zero-order chi connectivity index (χ0) is 13.5. The van der Waals surface area contributed by atoms with Crippen molar-refractivity contribution in [3.05, 3.63) is 82.7 Å². The zero-order valence-corrected chi connectivity index (χ0v) is 10.9. The molecule has 3 aromatic rings. The molecule has 0 saturated carbocycles. The van der Waals surface area contributed by atoms with Gasteiger partial charge in [-0.2, -0.15) is 4.73 Å². The second-order valence-corrected chi connectivity index (χ2v) is 5.16. The number of aromatic nitrogens is 1. The van der Waals surface area contributed by atoms with Gasteiger partial charge >= 0.3 is 0 Å². The topological polar surface area (TPSA) is 39.0 Å². The normalized spacial score (nSPS) is 17.3.